The van der Waals surface area contributed by atoms with E-state index in [0.717, 1.165) is 6.07 Å². The zero-order valence-electron chi connectivity index (χ0n) is 9.89. The van der Waals surface area contributed by atoms with E-state index in [1.807, 2.05) is 19.6 Å². The monoisotopic (exact) mass is 254 g/mol. The standard InChI is InChI=1S/C10H14N2O4Si/c1-17(2,3)16-9-5-4-7(12(14)15)6-8(9)10(11)13/h4-6H,1-3H3,(H2,11,13). The third-order valence-electron chi connectivity index (χ3n) is 1.86. The van der Waals surface area contributed by atoms with E-state index in [9.17, 15) is 14.9 Å². The van der Waals surface area contributed by atoms with Gasteiger partial charge in [0.15, 0.2) is 0 Å². The van der Waals surface area contributed by atoms with Gasteiger partial charge in [-0.25, -0.2) is 0 Å². The summed E-state index contributed by atoms with van der Waals surface area (Å²) in [6, 6.07) is 3.84. The van der Waals surface area contributed by atoms with Crippen molar-refractivity contribution in [2.24, 2.45) is 5.73 Å². The molecule has 0 saturated carbocycles. The molecule has 0 spiro atoms. The fraction of sp³-hybridized carbons (Fsp3) is 0.300. The van der Waals surface area contributed by atoms with E-state index in [0.29, 0.717) is 5.75 Å². The Morgan fingerprint density at radius 2 is 2.00 bits per heavy atom. The van der Waals surface area contributed by atoms with E-state index in [-0.39, 0.29) is 11.3 Å². The van der Waals surface area contributed by atoms with E-state index < -0.39 is 19.1 Å². The molecule has 0 fully saturated rings. The van der Waals surface area contributed by atoms with Crippen molar-refractivity contribution >= 4 is 19.9 Å². The van der Waals surface area contributed by atoms with Gasteiger partial charge in [0.25, 0.3) is 11.6 Å². The van der Waals surface area contributed by atoms with Crippen LogP contribution in [-0.2, 0) is 0 Å². The molecule has 17 heavy (non-hydrogen) atoms. The normalized spacial score (nSPS) is 11.0. The molecule has 0 aliphatic rings. The van der Waals surface area contributed by atoms with Crippen molar-refractivity contribution in [3.8, 4) is 5.75 Å². The first-order valence-electron chi connectivity index (χ1n) is 4.98. The number of benzene rings is 1. The maximum Gasteiger partial charge on any atom is 0.270 e. The van der Waals surface area contributed by atoms with Crippen molar-refractivity contribution in [3.05, 3.63) is 33.9 Å². The number of nitrogens with two attached hydrogens (primary N) is 1. The Morgan fingerprint density at radius 3 is 2.41 bits per heavy atom. The van der Waals surface area contributed by atoms with Gasteiger partial charge >= 0.3 is 0 Å². The van der Waals surface area contributed by atoms with Gasteiger partial charge in [0.05, 0.1) is 10.5 Å². The number of non-ortho nitro benzene ring substituents is 1. The molecule has 92 valence electrons. The molecular weight excluding hydrogens is 240 g/mol. The van der Waals surface area contributed by atoms with Crippen LogP contribution in [0.3, 0.4) is 0 Å². The Hall–Kier alpha value is -1.89. The van der Waals surface area contributed by atoms with Crippen LogP contribution in [0.15, 0.2) is 18.2 Å². The van der Waals surface area contributed by atoms with Crippen molar-refractivity contribution in [1.29, 1.82) is 0 Å². The van der Waals surface area contributed by atoms with Crippen molar-refractivity contribution in [2.75, 3.05) is 0 Å². The van der Waals surface area contributed by atoms with Crippen molar-refractivity contribution < 1.29 is 14.1 Å². The highest BCUT2D eigenvalue weighted by Crippen LogP contribution is 2.26. The van der Waals surface area contributed by atoms with Gasteiger partial charge in [0.2, 0.25) is 8.32 Å². The molecule has 2 N–H and O–H groups in total. The number of amides is 1. The average Bonchev–Trinajstić information content (AvgIpc) is 2.14. The summed E-state index contributed by atoms with van der Waals surface area (Å²) in [5.41, 5.74) is 5.04. The fourth-order valence-corrected chi connectivity index (χ4v) is 2.08. The lowest BCUT2D eigenvalue weighted by Gasteiger charge is -2.20. The smallest absolute Gasteiger partial charge is 0.270 e. The number of carbonyl (C=O) groups is 1. The zero-order valence-corrected chi connectivity index (χ0v) is 10.9. The van der Waals surface area contributed by atoms with Gasteiger partial charge in [-0.1, -0.05) is 0 Å². The molecule has 0 bridgehead atoms. The second-order valence-corrected chi connectivity index (χ2v) is 8.95. The van der Waals surface area contributed by atoms with Crippen LogP contribution in [0.2, 0.25) is 19.6 Å². The average molecular weight is 254 g/mol. The van der Waals surface area contributed by atoms with E-state index in [2.05, 4.69) is 0 Å². The molecule has 1 aromatic rings. The number of nitro benzene ring substituents is 1. The Bertz CT molecular complexity index is 468. The molecular formula is C10H14N2O4Si. The predicted molar refractivity (Wildman–Crippen MR) is 65.6 cm³/mol. The molecule has 0 radical (unpaired) electrons. The molecule has 1 amide bonds. The summed E-state index contributed by atoms with van der Waals surface area (Å²) in [5.74, 6) is -0.427. The maximum atomic E-state index is 11.2. The van der Waals surface area contributed by atoms with E-state index in [1.165, 1.54) is 12.1 Å². The van der Waals surface area contributed by atoms with Gasteiger partial charge in [-0.15, -0.1) is 0 Å². The molecule has 0 saturated heterocycles. The Morgan fingerprint density at radius 1 is 1.41 bits per heavy atom. The van der Waals surface area contributed by atoms with E-state index in [4.69, 9.17) is 10.2 Å². The van der Waals surface area contributed by atoms with Crippen molar-refractivity contribution in [2.45, 2.75) is 19.6 Å². The highest BCUT2D eigenvalue weighted by Gasteiger charge is 2.21. The second kappa shape index (κ2) is 4.54. The Balaban J connectivity index is 3.23. The van der Waals surface area contributed by atoms with Gasteiger partial charge in [-0.2, -0.15) is 0 Å². The summed E-state index contributed by atoms with van der Waals surface area (Å²) >= 11 is 0. The van der Waals surface area contributed by atoms with Crippen LogP contribution in [0.5, 0.6) is 5.75 Å². The highest BCUT2D eigenvalue weighted by molar-refractivity contribution is 6.70. The summed E-state index contributed by atoms with van der Waals surface area (Å²) in [6.45, 7) is 5.83. The number of hydrogen-bond acceptors (Lipinski definition) is 4. The molecule has 6 nitrogen and oxygen atoms in total. The van der Waals surface area contributed by atoms with Gasteiger partial charge in [0, 0.05) is 12.1 Å². The SMILES string of the molecule is C[Si](C)(C)Oc1ccc([N+](=O)[O-])cc1C(N)=O. The molecule has 7 heteroatoms. The van der Waals surface area contributed by atoms with E-state index >= 15 is 0 Å². The minimum Gasteiger partial charge on any atom is -0.544 e. The van der Waals surface area contributed by atoms with Gasteiger partial charge < -0.3 is 10.2 Å². The first-order chi connectivity index (χ1) is 7.70. The number of nitrogens with zero attached hydrogens (tertiary/aromatic N) is 1. The molecule has 0 unspecified atom stereocenters. The highest BCUT2D eigenvalue weighted by atomic mass is 28.4. The van der Waals surface area contributed by atoms with Gasteiger partial charge in [-0.3, -0.25) is 14.9 Å². The minimum atomic E-state index is -1.90. The quantitative estimate of drug-likeness (QED) is 0.504. The zero-order chi connectivity index (χ0) is 13.2. The lowest BCUT2D eigenvalue weighted by molar-refractivity contribution is -0.384. The Kier molecular flexibility index (Phi) is 3.52. The van der Waals surface area contributed by atoms with Gasteiger partial charge in [0.1, 0.15) is 5.75 Å². The second-order valence-electron chi connectivity index (χ2n) is 4.52. The lowest BCUT2D eigenvalue weighted by Crippen LogP contribution is -2.30. The topological polar surface area (TPSA) is 95.5 Å². The largest absolute Gasteiger partial charge is 0.544 e. The van der Waals surface area contributed by atoms with Crippen LogP contribution >= 0.6 is 0 Å². The minimum absolute atomic E-state index is 0.0432. The van der Waals surface area contributed by atoms with Gasteiger partial charge in [-0.05, 0) is 25.7 Å². The van der Waals surface area contributed by atoms with Crippen LogP contribution in [0.4, 0.5) is 5.69 Å². The fourth-order valence-electron chi connectivity index (χ4n) is 1.24. The molecule has 0 heterocycles. The number of hydrogen-bond donors (Lipinski definition) is 1. The Labute approximate surface area is 99.7 Å². The first-order valence-corrected chi connectivity index (χ1v) is 8.39. The van der Waals surface area contributed by atoms with Crippen molar-refractivity contribution in [1.82, 2.24) is 0 Å². The molecule has 0 aromatic heterocycles. The van der Waals surface area contributed by atoms with Crippen LogP contribution in [0, 0.1) is 10.1 Å². The van der Waals surface area contributed by atoms with Crippen LogP contribution in [0.25, 0.3) is 0 Å². The third-order valence-corrected chi connectivity index (χ3v) is 2.69. The molecule has 1 aromatic carbocycles. The number of nitro groups is 1. The summed E-state index contributed by atoms with van der Waals surface area (Å²) in [4.78, 5) is 21.2. The molecule has 0 atom stereocenters. The number of primary amides is 1. The maximum absolute atomic E-state index is 11.2. The summed E-state index contributed by atoms with van der Waals surface area (Å²) in [6.07, 6.45) is 0. The number of carbonyl (C=O) groups excluding carboxylic acids is 1. The van der Waals surface area contributed by atoms with Crippen LogP contribution in [0.1, 0.15) is 10.4 Å². The first kappa shape index (κ1) is 13.2. The van der Waals surface area contributed by atoms with Crippen molar-refractivity contribution in [3.63, 3.8) is 0 Å². The summed E-state index contributed by atoms with van der Waals surface area (Å²) in [5, 5.41) is 10.6. The van der Waals surface area contributed by atoms with Crippen LogP contribution in [-0.4, -0.2) is 19.1 Å². The van der Waals surface area contributed by atoms with E-state index in [1.54, 1.807) is 0 Å². The predicted octanol–water partition coefficient (Wildman–Crippen LogP) is 1.91. The number of rotatable bonds is 4. The van der Waals surface area contributed by atoms with Crippen LogP contribution < -0.4 is 10.2 Å². The molecule has 1 rings (SSSR count). The summed E-state index contributed by atoms with van der Waals surface area (Å²) < 4.78 is 5.64. The lowest BCUT2D eigenvalue weighted by atomic mass is 10.1. The summed E-state index contributed by atoms with van der Waals surface area (Å²) in [7, 11) is -1.90. The molecule has 0 aliphatic heterocycles. The third kappa shape index (κ3) is 3.56. The molecule has 0 aliphatic carbocycles.